The molecule has 1 aromatic carbocycles. The fraction of sp³-hybridized carbons (Fsp3) is 0.632. The molecule has 0 unspecified atom stereocenters. The van der Waals surface area contributed by atoms with Crippen molar-refractivity contribution in [2.45, 2.75) is 52.9 Å². The highest BCUT2D eigenvalue weighted by molar-refractivity contribution is 14.0. The van der Waals surface area contributed by atoms with Crippen LogP contribution in [-0.2, 0) is 17.9 Å². The zero-order valence-electron chi connectivity index (χ0n) is 16.5. The number of rotatable bonds is 9. The van der Waals surface area contributed by atoms with E-state index in [0.717, 1.165) is 25.6 Å². The van der Waals surface area contributed by atoms with E-state index >= 15 is 0 Å². The van der Waals surface area contributed by atoms with Crippen molar-refractivity contribution in [1.29, 1.82) is 0 Å². The lowest BCUT2D eigenvalue weighted by molar-refractivity contribution is 0.178. The number of methoxy groups -OCH3 is 1. The molecule has 0 saturated carbocycles. The van der Waals surface area contributed by atoms with Crippen LogP contribution in [0.5, 0.6) is 0 Å². The molecule has 0 aliphatic rings. The molecule has 0 aliphatic heterocycles. The third kappa shape index (κ3) is 8.87. The van der Waals surface area contributed by atoms with Crippen LogP contribution >= 0.6 is 24.0 Å². The Morgan fingerprint density at radius 1 is 1.08 bits per heavy atom. The van der Waals surface area contributed by atoms with Crippen LogP contribution in [0.25, 0.3) is 0 Å². The van der Waals surface area contributed by atoms with E-state index in [0.29, 0.717) is 18.7 Å². The summed E-state index contributed by atoms with van der Waals surface area (Å²) in [6.07, 6.45) is 0. The number of ether oxygens (including phenoxy) is 1. The van der Waals surface area contributed by atoms with Crippen molar-refractivity contribution in [2.24, 2.45) is 4.99 Å². The summed E-state index contributed by atoms with van der Waals surface area (Å²) in [5.41, 5.74) is 2.43. The number of aliphatic imine (C=N–C) groups is 1. The summed E-state index contributed by atoms with van der Waals surface area (Å²) in [6.45, 7) is 12.2. The normalized spacial score (nSPS) is 11.8. The van der Waals surface area contributed by atoms with Crippen LogP contribution in [0.4, 0.5) is 0 Å². The molecule has 0 fully saturated rings. The van der Waals surface area contributed by atoms with Crippen LogP contribution in [-0.4, -0.2) is 50.2 Å². The molecule has 0 atom stereocenters. The molecular formula is C19H35IN4O. The van der Waals surface area contributed by atoms with Crippen molar-refractivity contribution < 1.29 is 4.74 Å². The summed E-state index contributed by atoms with van der Waals surface area (Å²) >= 11 is 0. The van der Waals surface area contributed by atoms with Gasteiger partial charge in [0.2, 0.25) is 0 Å². The molecule has 0 amide bonds. The molecule has 1 aromatic rings. The number of hydrogen-bond donors (Lipinski definition) is 2. The Labute approximate surface area is 170 Å². The lowest BCUT2D eigenvalue weighted by atomic mass is 10.1. The maximum absolute atomic E-state index is 5.26. The van der Waals surface area contributed by atoms with E-state index in [-0.39, 0.29) is 24.0 Å². The number of hydrogen-bond acceptors (Lipinski definition) is 3. The quantitative estimate of drug-likeness (QED) is 0.336. The van der Waals surface area contributed by atoms with Gasteiger partial charge in [-0.25, -0.2) is 0 Å². The third-order valence-electron chi connectivity index (χ3n) is 4.08. The molecule has 1 rings (SSSR count). The Hall–Kier alpha value is -0.860. The van der Waals surface area contributed by atoms with Crippen molar-refractivity contribution in [1.82, 2.24) is 15.5 Å². The number of nitrogens with one attached hydrogen (secondary N) is 2. The highest BCUT2D eigenvalue weighted by Gasteiger charge is 2.12. The minimum absolute atomic E-state index is 0. The Morgan fingerprint density at radius 2 is 1.68 bits per heavy atom. The Bertz CT molecular complexity index is 498. The summed E-state index contributed by atoms with van der Waals surface area (Å²) in [5, 5.41) is 6.78. The van der Waals surface area contributed by atoms with Gasteiger partial charge in [0, 0.05) is 45.9 Å². The highest BCUT2D eigenvalue weighted by Crippen LogP contribution is 2.09. The Morgan fingerprint density at radius 3 is 2.20 bits per heavy atom. The van der Waals surface area contributed by atoms with Crippen molar-refractivity contribution >= 4 is 29.9 Å². The van der Waals surface area contributed by atoms with Gasteiger partial charge in [0.05, 0.1) is 6.61 Å². The van der Waals surface area contributed by atoms with E-state index < -0.39 is 0 Å². The van der Waals surface area contributed by atoms with E-state index in [1.165, 1.54) is 11.1 Å². The molecule has 0 bridgehead atoms. The summed E-state index contributed by atoms with van der Waals surface area (Å²) < 4.78 is 5.26. The lowest BCUT2D eigenvalue weighted by Crippen LogP contribution is -2.45. The number of benzene rings is 1. The second kappa shape index (κ2) is 13.4. The molecule has 2 N–H and O–H groups in total. The van der Waals surface area contributed by atoms with E-state index in [1.54, 1.807) is 14.2 Å². The van der Waals surface area contributed by atoms with Crippen molar-refractivity contribution in [2.75, 3.05) is 27.2 Å². The van der Waals surface area contributed by atoms with Gasteiger partial charge in [-0.2, -0.15) is 0 Å². The van der Waals surface area contributed by atoms with Gasteiger partial charge in [-0.3, -0.25) is 9.89 Å². The van der Waals surface area contributed by atoms with Gasteiger partial charge >= 0.3 is 0 Å². The van der Waals surface area contributed by atoms with Crippen LogP contribution in [0.3, 0.4) is 0 Å². The molecule has 0 aliphatic carbocycles. The largest absolute Gasteiger partial charge is 0.380 e. The van der Waals surface area contributed by atoms with Gasteiger partial charge in [0.15, 0.2) is 5.96 Å². The lowest BCUT2D eigenvalue weighted by Gasteiger charge is -2.30. The van der Waals surface area contributed by atoms with Crippen LogP contribution < -0.4 is 10.6 Å². The van der Waals surface area contributed by atoms with Gasteiger partial charge in [0.25, 0.3) is 0 Å². The first kappa shape index (κ1) is 24.1. The molecule has 0 radical (unpaired) electrons. The predicted octanol–water partition coefficient (Wildman–Crippen LogP) is 3.23. The number of halogens is 1. The molecule has 25 heavy (non-hydrogen) atoms. The SMILES string of the molecule is CN=C(NCCN(C(C)C)C(C)C)NCc1ccccc1COC.I. The van der Waals surface area contributed by atoms with Gasteiger partial charge in [-0.1, -0.05) is 24.3 Å². The van der Waals surface area contributed by atoms with E-state index in [2.05, 4.69) is 66.4 Å². The first-order chi connectivity index (χ1) is 11.5. The van der Waals surface area contributed by atoms with Gasteiger partial charge in [-0.15, -0.1) is 24.0 Å². The average Bonchev–Trinajstić information content (AvgIpc) is 2.55. The first-order valence-corrected chi connectivity index (χ1v) is 8.75. The van der Waals surface area contributed by atoms with Crippen LogP contribution in [0.15, 0.2) is 29.3 Å². The Balaban J connectivity index is 0.00000576. The first-order valence-electron chi connectivity index (χ1n) is 8.75. The van der Waals surface area contributed by atoms with Crippen molar-refractivity contribution in [3.63, 3.8) is 0 Å². The van der Waals surface area contributed by atoms with E-state index in [4.69, 9.17) is 4.74 Å². The van der Waals surface area contributed by atoms with E-state index in [1.807, 2.05) is 6.07 Å². The predicted molar refractivity (Wildman–Crippen MR) is 118 cm³/mol. The monoisotopic (exact) mass is 462 g/mol. The summed E-state index contributed by atoms with van der Waals surface area (Å²) in [5.74, 6) is 0.828. The van der Waals surface area contributed by atoms with Crippen LogP contribution in [0, 0.1) is 0 Å². The zero-order chi connectivity index (χ0) is 17.9. The minimum Gasteiger partial charge on any atom is -0.380 e. The van der Waals surface area contributed by atoms with Crippen LogP contribution in [0.2, 0.25) is 0 Å². The molecule has 0 aromatic heterocycles. The van der Waals surface area contributed by atoms with Crippen LogP contribution in [0.1, 0.15) is 38.8 Å². The second-order valence-corrected chi connectivity index (χ2v) is 6.48. The van der Waals surface area contributed by atoms with Crippen molar-refractivity contribution in [3.05, 3.63) is 35.4 Å². The maximum Gasteiger partial charge on any atom is 0.191 e. The van der Waals surface area contributed by atoms with E-state index in [9.17, 15) is 0 Å². The zero-order valence-corrected chi connectivity index (χ0v) is 18.8. The molecule has 0 spiro atoms. The molecule has 5 nitrogen and oxygen atoms in total. The second-order valence-electron chi connectivity index (χ2n) is 6.48. The Kier molecular flexibility index (Phi) is 12.9. The third-order valence-corrected chi connectivity index (χ3v) is 4.08. The smallest absolute Gasteiger partial charge is 0.191 e. The fourth-order valence-electron chi connectivity index (χ4n) is 2.84. The molecule has 0 saturated heterocycles. The highest BCUT2D eigenvalue weighted by atomic mass is 127. The molecular weight excluding hydrogens is 427 g/mol. The minimum atomic E-state index is 0. The van der Waals surface area contributed by atoms with Gasteiger partial charge in [-0.05, 0) is 38.8 Å². The summed E-state index contributed by atoms with van der Waals surface area (Å²) in [4.78, 5) is 6.78. The molecule has 144 valence electrons. The summed E-state index contributed by atoms with van der Waals surface area (Å²) in [7, 11) is 3.53. The topological polar surface area (TPSA) is 48.9 Å². The van der Waals surface area contributed by atoms with Crippen molar-refractivity contribution in [3.8, 4) is 0 Å². The average molecular weight is 462 g/mol. The maximum atomic E-state index is 5.26. The van der Waals surface area contributed by atoms with Gasteiger partial charge < -0.3 is 15.4 Å². The fourth-order valence-corrected chi connectivity index (χ4v) is 2.84. The number of guanidine groups is 1. The molecule has 0 heterocycles. The molecule has 6 heteroatoms. The van der Waals surface area contributed by atoms with Gasteiger partial charge in [0.1, 0.15) is 0 Å². The standard InChI is InChI=1S/C19H34N4O.HI/c1-15(2)23(16(3)4)12-11-21-19(20-5)22-13-17-9-7-8-10-18(17)14-24-6;/h7-10,15-16H,11-14H2,1-6H3,(H2,20,21,22);1H. The summed E-state index contributed by atoms with van der Waals surface area (Å²) in [6, 6.07) is 9.39. The number of nitrogens with zero attached hydrogens (tertiary/aromatic N) is 2.